The van der Waals surface area contributed by atoms with Gasteiger partial charge in [-0.15, -0.1) is 0 Å². The van der Waals surface area contributed by atoms with E-state index >= 15 is 0 Å². The number of carbonyl (C=O) groups is 1. The number of amides is 1. The lowest BCUT2D eigenvalue weighted by molar-refractivity contribution is 0.0643. The summed E-state index contributed by atoms with van der Waals surface area (Å²) in [5.74, 6) is -1.13. The Hall–Kier alpha value is -3.56. The van der Waals surface area contributed by atoms with Gasteiger partial charge >= 0.3 is 0 Å². The quantitative estimate of drug-likeness (QED) is 0.558. The van der Waals surface area contributed by atoms with Crippen molar-refractivity contribution in [3.8, 4) is 0 Å². The second kappa shape index (κ2) is 6.48. The summed E-state index contributed by atoms with van der Waals surface area (Å²) in [5.41, 5.74) is 0.457. The number of halogens is 2. The SMILES string of the molecule is CC(C)(F)c1ncc(C(=O)N2CCc3[nH]cnc3C2c2cc3c(F)cccn3n2)o1. The molecule has 0 saturated carbocycles. The molecule has 0 aliphatic carbocycles. The maximum Gasteiger partial charge on any atom is 0.292 e. The summed E-state index contributed by atoms with van der Waals surface area (Å²) < 4.78 is 35.2. The van der Waals surface area contributed by atoms with Gasteiger partial charge in [-0.2, -0.15) is 5.10 Å². The van der Waals surface area contributed by atoms with Crippen molar-refractivity contribution in [3.63, 3.8) is 0 Å². The molecule has 30 heavy (non-hydrogen) atoms. The van der Waals surface area contributed by atoms with Gasteiger partial charge in [0.25, 0.3) is 5.91 Å². The smallest absolute Gasteiger partial charge is 0.292 e. The van der Waals surface area contributed by atoms with Crippen LogP contribution in [0.25, 0.3) is 5.52 Å². The molecule has 5 rings (SSSR count). The van der Waals surface area contributed by atoms with Crippen molar-refractivity contribution in [1.82, 2.24) is 29.5 Å². The zero-order valence-electron chi connectivity index (χ0n) is 16.3. The third kappa shape index (κ3) is 2.87. The van der Waals surface area contributed by atoms with E-state index in [0.717, 1.165) is 5.69 Å². The fourth-order valence-corrected chi connectivity index (χ4v) is 3.72. The molecule has 0 radical (unpaired) electrons. The van der Waals surface area contributed by atoms with Crippen molar-refractivity contribution in [1.29, 1.82) is 0 Å². The van der Waals surface area contributed by atoms with Gasteiger partial charge in [0, 0.05) is 24.9 Å². The maximum atomic E-state index is 14.2. The van der Waals surface area contributed by atoms with Gasteiger partial charge in [0.1, 0.15) is 17.4 Å². The topological polar surface area (TPSA) is 92.3 Å². The third-order valence-corrected chi connectivity index (χ3v) is 5.16. The molecule has 0 saturated heterocycles. The van der Waals surface area contributed by atoms with Crippen molar-refractivity contribution in [2.75, 3.05) is 6.54 Å². The lowest BCUT2D eigenvalue weighted by atomic mass is 9.99. The minimum atomic E-state index is -1.81. The van der Waals surface area contributed by atoms with Gasteiger partial charge in [0.15, 0.2) is 5.67 Å². The van der Waals surface area contributed by atoms with Crippen LogP contribution in [0.2, 0.25) is 0 Å². The van der Waals surface area contributed by atoms with Crippen LogP contribution in [0.4, 0.5) is 8.78 Å². The first-order valence-corrected chi connectivity index (χ1v) is 9.45. The highest BCUT2D eigenvalue weighted by Gasteiger charge is 2.38. The van der Waals surface area contributed by atoms with Crippen LogP contribution in [0, 0.1) is 5.82 Å². The molecule has 0 spiro atoms. The molecule has 8 nitrogen and oxygen atoms in total. The Bertz CT molecular complexity index is 1250. The van der Waals surface area contributed by atoms with E-state index in [9.17, 15) is 13.6 Å². The second-order valence-corrected chi connectivity index (χ2v) is 7.67. The van der Waals surface area contributed by atoms with E-state index in [0.29, 0.717) is 29.9 Å². The van der Waals surface area contributed by atoms with E-state index in [1.54, 1.807) is 29.6 Å². The maximum absolute atomic E-state index is 14.2. The van der Waals surface area contributed by atoms with Gasteiger partial charge in [0.05, 0.1) is 23.9 Å². The van der Waals surface area contributed by atoms with Gasteiger partial charge in [-0.1, -0.05) is 0 Å². The number of nitrogens with one attached hydrogen (secondary N) is 1. The molecule has 1 atom stereocenters. The molecule has 0 aromatic carbocycles. The number of aromatic nitrogens is 5. The molecule has 4 aromatic heterocycles. The molecule has 10 heteroatoms. The normalized spacial score (nSPS) is 16.8. The molecule has 154 valence electrons. The number of oxazole rings is 1. The zero-order chi connectivity index (χ0) is 21.0. The number of aromatic amines is 1. The fraction of sp³-hybridized carbons (Fsp3) is 0.300. The number of alkyl halides is 1. The lowest BCUT2D eigenvalue weighted by Gasteiger charge is -2.33. The van der Waals surface area contributed by atoms with Gasteiger partial charge in [-0.25, -0.2) is 23.3 Å². The van der Waals surface area contributed by atoms with Crippen LogP contribution < -0.4 is 0 Å². The van der Waals surface area contributed by atoms with Gasteiger partial charge in [-0.3, -0.25) is 4.79 Å². The fourth-order valence-electron chi connectivity index (χ4n) is 3.72. The number of pyridine rings is 1. The number of rotatable bonds is 3. The molecule has 4 aromatic rings. The predicted molar refractivity (Wildman–Crippen MR) is 101 cm³/mol. The first-order valence-electron chi connectivity index (χ1n) is 9.45. The van der Waals surface area contributed by atoms with Gasteiger partial charge in [-0.05, 0) is 32.0 Å². The summed E-state index contributed by atoms with van der Waals surface area (Å²) >= 11 is 0. The molecule has 1 N–H and O–H groups in total. The number of imidazole rings is 1. The number of hydrogen-bond acceptors (Lipinski definition) is 5. The van der Waals surface area contributed by atoms with Crippen LogP contribution in [0.3, 0.4) is 0 Å². The Morgan fingerprint density at radius 3 is 2.93 bits per heavy atom. The Kier molecular flexibility index (Phi) is 3.99. The minimum absolute atomic E-state index is 0.0744. The van der Waals surface area contributed by atoms with E-state index in [-0.39, 0.29) is 11.7 Å². The standard InChI is InChI=1S/C20H18F2N6O2/c1-20(2,22)19-23-9-15(30-19)18(29)27-7-5-12-16(25-10-24-12)17(27)13-8-14-11(21)4-3-6-28(14)26-13/h3-4,6,8-10,17H,5,7H2,1-2H3,(H,24,25). The molecule has 1 aliphatic heterocycles. The monoisotopic (exact) mass is 412 g/mol. The zero-order valence-corrected chi connectivity index (χ0v) is 16.3. The Morgan fingerprint density at radius 2 is 2.20 bits per heavy atom. The molecule has 5 heterocycles. The van der Waals surface area contributed by atoms with E-state index < -0.39 is 23.4 Å². The van der Waals surface area contributed by atoms with Crippen molar-refractivity contribution in [2.45, 2.75) is 32.0 Å². The average Bonchev–Trinajstić information content (AvgIpc) is 3.44. The largest absolute Gasteiger partial charge is 0.432 e. The summed E-state index contributed by atoms with van der Waals surface area (Å²) in [4.78, 5) is 26.2. The van der Waals surface area contributed by atoms with E-state index in [1.807, 2.05) is 0 Å². The highest BCUT2D eigenvalue weighted by Crippen LogP contribution is 2.35. The molecule has 1 aliphatic rings. The van der Waals surface area contributed by atoms with Gasteiger partial charge in [0.2, 0.25) is 11.7 Å². The van der Waals surface area contributed by atoms with E-state index in [2.05, 4.69) is 20.1 Å². The first-order chi connectivity index (χ1) is 14.3. The highest BCUT2D eigenvalue weighted by molar-refractivity contribution is 5.92. The summed E-state index contributed by atoms with van der Waals surface area (Å²) in [6, 6.07) is 3.84. The van der Waals surface area contributed by atoms with Crippen LogP contribution in [0.15, 0.2) is 41.3 Å². The number of carbonyl (C=O) groups excluding carboxylic acids is 1. The van der Waals surface area contributed by atoms with Crippen LogP contribution in [-0.4, -0.2) is 41.9 Å². The molecule has 1 amide bonds. The Balaban J connectivity index is 1.59. The molecular formula is C20H18F2N6O2. The molecule has 0 bridgehead atoms. The van der Waals surface area contributed by atoms with Crippen molar-refractivity contribution >= 4 is 11.4 Å². The summed E-state index contributed by atoms with van der Waals surface area (Å²) in [6.07, 6.45) is 4.96. The molecule has 1 unspecified atom stereocenters. The number of nitrogens with zero attached hydrogens (tertiary/aromatic N) is 5. The van der Waals surface area contributed by atoms with Crippen LogP contribution >= 0.6 is 0 Å². The predicted octanol–water partition coefficient (Wildman–Crippen LogP) is 3.18. The summed E-state index contributed by atoms with van der Waals surface area (Å²) in [5, 5.41) is 4.47. The van der Waals surface area contributed by atoms with Gasteiger partial charge < -0.3 is 14.3 Å². The van der Waals surface area contributed by atoms with Crippen molar-refractivity contribution in [3.05, 3.63) is 71.5 Å². The highest BCUT2D eigenvalue weighted by atomic mass is 19.1. The number of H-pyrrole nitrogens is 1. The Labute approximate surface area is 169 Å². The van der Waals surface area contributed by atoms with Crippen molar-refractivity contribution < 1.29 is 18.0 Å². The minimum Gasteiger partial charge on any atom is -0.432 e. The lowest BCUT2D eigenvalue weighted by Crippen LogP contribution is -2.40. The average molecular weight is 412 g/mol. The number of hydrogen-bond donors (Lipinski definition) is 1. The second-order valence-electron chi connectivity index (χ2n) is 7.67. The molecule has 0 fully saturated rings. The third-order valence-electron chi connectivity index (χ3n) is 5.16. The summed E-state index contributed by atoms with van der Waals surface area (Å²) in [7, 11) is 0. The summed E-state index contributed by atoms with van der Waals surface area (Å²) in [6.45, 7) is 2.96. The van der Waals surface area contributed by atoms with Crippen LogP contribution in [0.5, 0.6) is 0 Å². The van der Waals surface area contributed by atoms with Crippen LogP contribution in [0.1, 0.15) is 53.4 Å². The first kappa shape index (κ1) is 18.5. The van der Waals surface area contributed by atoms with Crippen molar-refractivity contribution in [2.24, 2.45) is 0 Å². The number of fused-ring (bicyclic) bond motifs is 2. The Morgan fingerprint density at radius 1 is 1.37 bits per heavy atom. The molecular weight excluding hydrogens is 394 g/mol. The van der Waals surface area contributed by atoms with E-state index in [4.69, 9.17) is 4.42 Å². The van der Waals surface area contributed by atoms with E-state index in [1.165, 1.54) is 30.6 Å². The van der Waals surface area contributed by atoms with Crippen LogP contribution in [-0.2, 0) is 12.1 Å².